The third-order valence-electron chi connectivity index (χ3n) is 4.27. The van der Waals surface area contributed by atoms with Gasteiger partial charge in [-0.25, -0.2) is 4.98 Å². The number of amides is 1. The van der Waals surface area contributed by atoms with Crippen LogP contribution in [0.1, 0.15) is 29.7 Å². The molecule has 8 nitrogen and oxygen atoms in total. The molecule has 2 aromatic rings. The molecule has 3 heterocycles. The molecule has 0 saturated carbocycles. The van der Waals surface area contributed by atoms with E-state index in [0.717, 1.165) is 61.2 Å². The van der Waals surface area contributed by atoms with Crippen LogP contribution in [0.4, 0.5) is 10.9 Å². The summed E-state index contributed by atoms with van der Waals surface area (Å²) < 4.78 is 0. The van der Waals surface area contributed by atoms with Gasteiger partial charge in [-0.15, -0.1) is 10.2 Å². The van der Waals surface area contributed by atoms with Gasteiger partial charge in [0.15, 0.2) is 0 Å². The fraction of sp³-hybridized carbons (Fsp3) is 0.588. The normalized spacial score (nSPS) is 15.3. The van der Waals surface area contributed by atoms with E-state index >= 15 is 0 Å². The van der Waals surface area contributed by atoms with E-state index < -0.39 is 0 Å². The first-order valence-corrected chi connectivity index (χ1v) is 9.76. The summed E-state index contributed by atoms with van der Waals surface area (Å²) in [5, 5.41) is 12.5. The highest BCUT2D eigenvalue weighted by molar-refractivity contribution is 7.15. The molecular formula is C17H25N7OS. The molecule has 1 fully saturated rings. The van der Waals surface area contributed by atoms with Crippen molar-refractivity contribution in [2.45, 2.75) is 33.6 Å². The minimum atomic E-state index is -0.0378. The van der Waals surface area contributed by atoms with E-state index in [9.17, 15) is 4.79 Å². The third kappa shape index (κ3) is 4.73. The molecule has 0 aliphatic carbocycles. The fourth-order valence-electron chi connectivity index (χ4n) is 2.92. The number of nitrogens with zero attached hydrogens (tertiary/aromatic N) is 6. The Morgan fingerprint density at radius 2 is 2.00 bits per heavy atom. The number of carbonyl (C=O) groups excluding carboxylic acids is 1. The number of anilines is 2. The Morgan fingerprint density at radius 3 is 2.73 bits per heavy atom. The van der Waals surface area contributed by atoms with Crippen molar-refractivity contribution in [3.8, 4) is 0 Å². The number of piperazine rings is 1. The molecule has 0 unspecified atom stereocenters. The Hall–Kier alpha value is -2.13. The summed E-state index contributed by atoms with van der Waals surface area (Å²) in [5.41, 5.74) is 1.87. The minimum absolute atomic E-state index is 0.0378. The Balaban J connectivity index is 1.48. The molecule has 1 aliphatic heterocycles. The maximum atomic E-state index is 12.2. The molecule has 140 valence electrons. The first-order valence-electron chi connectivity index (χ1n) is 8.95. The number of rotatable bonds is 6. The lowest BCUT2D eigenvalue weighted by molar-refractivity contribution is -0.117. The van der Waals surface area contributed by atoms with Gasteiger partial charge in [-0.3, -0.25) is 20.0 Å². The number of carbonyl (C=O) groups is 1. The van der Waals surface area contributed by atoms with Gasteiger partial charge in [0.1, 0.15) is 10.8 Å². The number of hydrogen-bond donors (Lipinski definition) is 1. The molecular weight excluding hydrogens is 350 g/mol. The molecule has 0 atom stereocenters. The van der Waals surface area contributed by atoms with Crippen LogP contribution in [0.25, 0.3) is 0 Å². The summed E-state index contributed by atoms with van der Waals surface area (Å²) in [4.78, 5) is 25.6. The minimum Gasteiger partial charge on any atom is -0.353 e. The van der Waals surface area contributed by atoms with Crippen molar-refractivity contribution in [3.05, 3.63) is 22.6 Å². The number of nitrogens with one attached hydrogen (secondary N) is 1. The summed E-state index contributed by atoms with van der Waals surface area (Å²) in [6.07, 6.45) is 3.72. The van der Waals surface area contributed by atoms with Gasteiger partial charge in [0.25, 0.3) is 0 Å². The van der Waals surface area contributed by atoms with Gasteiger partial charge in [0.05, 0.1) is 17.9 Å². The maximum Gasteiger partial charge on any atom is 0.240 e. The summed E-state index contributed by atoms with van der Waals surface area (Å²) in [6.45, 7) is 9.72. The van der Waals surface area contributed by atoms with Crippen LogP contribution in [0, 0.1) is 13.8 Å². The SMILES string of the molecule is CCCc1nnc(NC(=O)CN2CCN(c3nc(C)cnc3C)CC2)s1. The first kappa shape index (κ1) is 18.7. The fourth-order valence-corrected chi connectivity index (χ4v) is 3.78. The molecule has 9 heteroatoms. The van der Waals surface area contributed by atoms with Gasteiger partial charge < -0.3 is 4.90 Å². The van der Waals surface area contributed by atoms with Crippen LogP contribution < -0.4 is 10.2 Å². The van der Waals surface area contributed by atoms with Crippen LogP contribution in [0.3, 0.4) is 0 Å². The monoisotopic (exact) mass is 375 g/mol. The van der Waals surface area contributed by atoms with Crippen LogP contribution in [0.2, 0.25) is 0 Å². The van der Waals surface area contributed by atoms with Crippen molar-refractivity contribution in [2.24, 2.45) is 0 Å². The molecule has 26 heavy (non-hydrogen) atoms. The molecule has 2 aromatic heterocycles. The van der Waals surface area contributed by atoms with Gasteiger partial charge in [0.2, 0.25) is 11.0 Å². The Morgan fingerprint density at radius 1 is 1.23 bits per heavy atom. The van der Waals surface area contributed by atoms with Crippen LogP contribution in [-0.2, 0) is 11.2 Å². The van der Waals surface area contributed by atoms with Gasteiger partial charge in [-0.2, -0.15) is 0 Å². The Bertz CT molecular complexity index is 755. The van der Waals surface area contributed by atoms with Gasteiger partial charge in [-0.05, 0) is 20.3 Å². The Labute approximate surface area is 157 Å². The van der Waals surface area contributed by atoms with Crippen molar-refractivity contribution < 1.29 is 4.79 Å². The predicted octanol–water partition coefficient (Wildman–Crippen LogP) is 1.66. The second-order valence-corrected chi connectivity index (χ2v) is 7.54. The zero-order valence-electron chi connectivity index (χ0n) is 15.5. The smallest absolute Gasteiger partial charge is 0.240 e. The van der Waals surface area contributed by atoms with Crippen LogP contribution in [-0.4, -0.2) is 63.7 Å². The second kappa shape index (κ2) is 8.50. The molecule has 3 rings (SSSR count). The zero-order valence-corrected chi connectivity index (χ0v) is 16.3. The zero-order chi connectivity index (χ0) is 18.5. The average molecular weight is 376 g/mol. The van der Waals surface area contributed by atoms with Crippen molar-refractivity contribution in [3.63, 3.8) is 0 Å². The van der Waals surface area contributed by atoms with Crippen LogP contribution >= 0.6 is 11.3 Å². The maximum absolute atomic E-state index is 12.2. The summed E-state index contributed by atoms with van der Waals surface area (Å²) in [7, 11) is 0. The number of hydrogen-bond acceptors (Lipinski definition) is 8. The summed E-state index contributed by atoms with van der Waals surface area (Å²) in [5.74, 6) is 0.913. The van der Waals surface area contributed by atoms with E-state index in [1.165, 1.54) is 11.3 Å². The van der Waals surface area contributed by atoms with E-state index in [-0.39, 0.29) is 5.91 Å². The first-order chi connectivity index (χ1) is 12.5. The lowest BCUT2D eigenvalue weighted by atomic mass is 10.3. The van der Waals surface area contributed by atoms with Crippen LogP contribution in [0.5, 0.6) is 0 Å². The van der Waals surface area contributed by atoms with E-state index in [2.05, 4.69) is 42.2 Å². The van der Waals surface area contributed by atoms with E-state index in [1.54, 1.807) is 6.20 Å². The van der Waals surface area contributed by atoms with Crippen molar-refractivity contribution in [2.75, 3.05) is 42.9 Å². The standard InChI is InChI=1S/C17H25N7OS/c1-4-5-15-21-22-17(26-15)20-14(25)11-23-6-8-24(9-7-23)16-13(3)18-10-12(2)19-16/h10H,4-9,11H2,1-3H3,(H,20,22,25). The molecule has 1 amide bonds. The number of aromatic nitrogens is 4. The third-order valence-corrected chi connectivity index (χ3v) is 5.17. The quantitative estimate of drug-likeness (QED) is 0.821. The van der Waals surface area contributed by atoms with Gasteiger partial charge >= 0.3 is 0 Å². The van der Waals surface area contributed by atoms with Crippen molar-refractivity contribution in [1.82, 2.24) is 25.1 Å². The highest BCUT2D eigenvalue weighted by Crippen LogP contribution is 2.18. The molecule has 0 bridgehead atoms. The lowest BCUT2D eigenvalue weighted by Gasteiger charge is -2.35. The average Bonchev–Trinajstić information content (AvgIpc) is 3.05. The van der Waals surface area contributed by atoms with E-state index in [4.69, 9.17) is 0 Å². The molecule has 0 radical (unpaired) electrons. The van der Waals surface area contributed by atoms with Gasteiger partial charge in [0, 0.05) is 38.8 Å². The molecule has 0 spiro atoms. The Kier molecular flexibility index (Phi) is 6.10. The largest absolute Gasteiger partial charge is 0.353 e. The lowest BCUT2D eigenvalue weighted by Crippen LogP contribution is -2.49. The molecule has 0 aromatic carbocycles. The molecule has 1 N–H and O–H groups in total. The molecule has 1 aliphatic rings. The van der Waals surface area contributed by atoms with E-state index in [1.807, 2.05) is 13.8 Å². The number of aryl methyl sites for hydroxylation is 3. The second-order valence-electron chi connectivity index (χ2n) is 6.48. The van der Waals surface area contributed by atoms with Gasteiger partial charge in [-0.1, -0.05) is 18.3 Å². The topological polar surface area (TPSA) is 87.1 Å². The highest BCUT2D eigenvalue weighted by Gasteiger charge is 2.22. The van der Waals surface area contributed by atoms with Crippen LogP contribution in [0.15, 0.2) is 6.20 Å². The van der Waals surface area contributed by atoms with Crippen molar-refractivity contribution in [1.29, 1.82) is 0 Å². The molecule has 1 saturated heterocycles. The predicted molar refractivity (Wildman–Crippen MR) is 103 cm³/mol. The summed E-state index contributed by atoms with van der Waals surface area (Å²) in [6, 6.07) is 0. The van der Waals surface area contributed by atoms with Crippen molar-refractivity contribution >= 4 is 28.2 Å². The summed E-state index contributed by atoms with van der Waals surface area (Å²) >= 11 is 1.45. The highest BCUT2D eigenvalue weighted by atomic mass is 32.1. The van der Waals surface area contributed by atoms with E-state index in [0.29, 0.717) is 11.7 Å².